The molecule has 2 aliphatic carbocycles. The summed E-state index contributed by atoms with van der Waals surface area (Å²) in [6.07, 6.45) is 2.90. The third-order valence-electron chi connectivity index (χ3n) is 9.12. The lowest BCUT2D eigenvalue weighted by Gasteiger charge is -2.64. The van der Waals surface area contributed by atoms with Crippen molar-refractivity contribution in [3.05, 3.63) is 42.5 Å². The van der Waals surface area contributed by atoms with Crippen LogP contribution in [0.2, 0.25) is 0 Å². The Morgan fingerprint density at radius 3 is 2.47 bits per heavy atom. The lowest BCUT2D eigenvalue weighted by molar-refractivity contribution is -0.406. The van der Waals surface area contributed by atoms with Gasteiger partial charge in [-0.1, -0.05) is 38.0 Å². The molecule has 0 radical (unpaired) electrons. The molecule has 1 aliphatic heterocycles. The van der Waals surface area contributed by atoms with Crippen molar-refractivity contribution in [1.82, 2.24) is 0 Å². The monoisotopic (exact) mass is 534 g/mol. The van der Waals surface area contributed by atoms with Crippen LogP contribution in [0.5, 0.6) is 5.75 Å². The number of hydrogen-bond donors (Lipinski definition) is 5. The second-order valence-corrected chi connectivity index (χ2v) is 11.3. The normalized spacial score (nSPS) is 38.4. The molecule has 0 spiro atoms. The number of fused-ring (bicyclic) bond motifs is 1. The van der Waals surface area contributed by atoms with Crippen LogP contribution in [0.1, 0.15) is 63.9 Å². The molecule has 9 atom stereocenters. The summed E-state index contributed by atoms with van der Waals surface area (Å²) in [5.41, 5.74) is -2.12. The molecule has 0 unspecified atom stereocenters. The predicted molar refractivity (Wildman–Crippen MR) is 143 cm³/mol. The van der Waals surface area contributed by atoms with E-state index in [0.29, 0.717) is 44.5 Å². The highest BCUT2D eigenvalue weighted by atomic mass is 16.7. The summed E-state index contributed by atoms with van der Waals surface area (Å²) < 4.78 is 19.5. The summed E-state index contributed by atoms with van der Waals surface area (Å²) in [4.78, 5) is 0. The van der Waals surface area contributed by atoms with Crippen LogP contribution in [0.3, 0.4) is 0 Å². The van der Waals surface area contributed by atoms with E-state index in [-0.39, 0.29) is 31.0 Å². The standard InChI is InChI=1S/C30H46O8/c1-3-5-6-18-36-30-23(15-17-32)19-22-11-10-21(14-16-31)25(33)26(29(22,35)27(30)34)38-28(30)37-24-12-8-20(7-4-2)9-13-24/h4,8-9,12-13,21-23,25-28,31-35H,2-3,5-7,10-11,14-19H2,1H3/t21-,22-,23+,25-,26+,27-,28-,29+,30+/m0/s1. The van der Waals surface area contributed by atoms with Crippen LogP contribution in [0.4, 0.5) is 0 Å². The van der Waals surface area contributed by atoms with Gasteiger partial charge in [0.15, 0.2) is 5.60 Å². The van der Waals surface area contributed by atoms with Gasteiger partial charge in [-0.25, -0.2) is 0 Å². The highest BCUT2D eigenvalue weighted by molar-refractivity contribution is 5.30. The minimum absolute atomic E-state index is 0.0886. The van der Waals surface area contributed by atoms with Crippen molar-refractivity contribution in [2.24, 2.45) is 17.8 Å². The summed E-state index contributed by atoms with van der Waals surface area (Å²) >= 11 is 0. The maximum atomic E-state index is 12.2. The lowest BCUT2D eigenvalue weighted by Crippen LogP contribution is -2.82. The van der Waals surface area contributed by atoms with E-state index in [1.807, 2.05) is 30.3 Å². The van der Waals surface area contributed by atoms with Crippen molar-refractivity contribution in [2.75, 3.05) is 19.8 Å². The molecule has 5 N–H and O–H groups in total. The van der Waals surface area contributed by atoms with Gasteiger partial charge in [-0.2, -0.15) is 0 Å². The van der Waals surface area contributed by atoms with Crippen molar-refractivity contribution in [2.45, 2.75) is 101 Å². The van der Waals surface area contributed by atoms with E-state index < -0.39 is 35.8 Å². The van der Waals surface area contributed by atoms with Crippen LogP contribution in [0.15, 0.2) is 36.9 Å². The number of aliphatic hydroxyl groups is 5. The third kappa shape index (κ3) is 5.29. The van der Waals surface area contributed by atoms with Gasteiger partial charge in [0, 0.05) is 19.8 Å². The molecule has 4 rings (SSSR count). The van der Waals surface area contributed by atoms with E-state index in [1.54, 1.807) is 0 Å². The SMILES string of the molecule is C=CCc1ccc(O[C@H]2O[C@@H]3[C@@H](O)[C@H](CCO)CC[C@H]4C[C@@H](CCO)[C@@]2(OCCCCC)[C@@H](O)[C@@]43O)cc1. The van der Waals surface area contributed by atoms with Gasteiger partial charge in [0.1, 0.15) is 23.6 Å². The minimum atomic E-state index is -1.76. The molecule has 8 heteroatoms. The molecule has 1 saturated heterocycles. The molecule has 214 valence electrons. The van der Waals surface area contributed by atoms with Crippen LogP contribution in [-0.4, -0.2) is 81.2 Å². The Hall–Kier alpha value is -1.52. The van der Waals surface area contributed by atoms with Crippen molar-refractivity contribution in [3.8, 4) is 5.75 Å². The smallest absolute Gasteiger partial charge is 0.232 e. The zero-order valence-electron chi connectivity index (χ0n) is 22.6. The van der Waals surface area contributed by atoms with Crippen molar-refractivity contribution in [1.29, 1.82) is 0 Å². The molecular weight excluding hydrogens is 488 g/mol. The quantitative estimate of drug-likeness (QED) is 0.193. The summed E-state index contributed by atoms with van der Waals surface area (Å²) in [5, 5.41) is 55.4. The highest BCUT2D eigenvalue weighted by Crippen LogP contribution is 2.58. The van der Waals surface area contributed by atoms with Crippen LogP contribution < -0.4 is 4.74 Å². The first-order valence-electron chi connectivity index (χ1n) is 14.3. The first kappa shape index (κ1) is 29.5. The fourth-order valence-electron chi connectivity index (χ4n) is 7.08. The van der Waals surface area contributed by atoms with E-state index in [9.17, 15) is 25.5 Å². The van der Waals surface area contributed by atoms with Gasteiger partial charge in [0.25, 0.3) is 0 Å². The van der Waals surface area contributed by atoms with Crippen molar-refractivity contribution >= 4 is 0 Å². The number of benzene rings is 1. The molecule has 8 nitrogen and oxygen atoms in total. The number of allylic oxidation sites excluding steroid dienone is 1. The van der Waals surface area contributed by atoms with Gasteiger partial charge >= 0.3 is 0 Å². The van der Waals surface area contributed by atoms with E-state index >= 15 is 0 Å². The molecule has 2 saturated carbocycles. The van der Waals surface area contributed by atoms with E-state index in [2.05, 4.69) is 13.5 Å². The first-order chi connectivity index (χ1) is 18.4. The van der Waals surface area contributed by atoms with Gasteiger partial charge in [-0.3, -0.25) is 0 Å². The average molecular weight is 535 g/mol. The van der Waals surface area contributed by atoms with Crippen LogP contribution in [-0.2, 0) is 15.9 Å². The van der Waals surface area contributed by atoms with E-state index in [4.69, 9.17) is 14.2 Å². The fourth-order valence-corrected chi connectivity index (χ4v) is 7.08. The maximum Gasteiger partial charge on any atom is 0.232 e. The van der Waals surface area contributed by atoms with Gasteiger partial charge in [-0.15, -0.1) is 6.58 Å². The molecule has 2 bridgehead atoms. The van der Waals surface area contributed by atoms with Crippen molar-refractivity contribution < 1.29 is 39.7 Å². The number of ether oxygens (including phenoxy) is 3. The van der Waals surface area contributed by atoms with Crippen LogP contribution >= 0.6 is 0 Å². The Bertz CT molecular complexity index is 893. The molecule has 1 heterocycles. The first-order valence-corrected chi connectivity index (χ1v) is 14.3. The summed E-state index contributed by atoms with van der Waals surface area (Å²) in [6, 6.07) is 7.51. The molecule has 1 aromatic rings. The maximum absolute atomic E-state index is 12.2. The van der Waals surface area contributed by atoms with Gasteiger partial charge in [0.2, 0.25) is 6.29 Å². The number of rotatable bonds is 13. The fraction of sp³-hybridized carbons (Fsp3) is 0.733. The second kappa shape index (κ2) is 12.8. The zero-order chi connectivity index (χ0) is 27.3. The highest BCUT2D eigenvalue weighted by Gasteiger charge is 2.74. The van der Waals surface area contributed by atoms with Gasteiger partial charge in [0.05, 0.1) is 6.10 Å². The Morgan fingerprint density at radius 1 is 1.08 bits per heavy atom. The minimum Gasteiger partial charge on any atom is -0.462 e. The van der Waals surface area contributed by atoms with E-state index in [0.717, 1.165) is 31.2 Å². The molecule has 3 aliphatic rings. The molecule has 0 amide bonds. The number of unbranched alkanes of at least 4 members (excludes halogenated alkanes) is 2. The molecule has 0 aromatic heterocycles. The third-order valence-corrected chi connectivity index (χ3v) is 9.12. The molecule has 38 heavy (non-hydrogen) atoms. The second-order valence-electron chi connectivity index (χ2n) is 11.3. The topological polar surface area (TPSA) is 129 Å². The van der Waals surface area contributed by atoms with E-state index in [1.165, 1.54) is 0 Å². The molecular formula is C30H46O8. The van der Waals surface area contributed by atoms with Crippen LogP contribution in [0, 0.1) is 17.8 Å². The average Bonchev–Trinajstić information content (AvgIpc) is 3.01. The lowest BCUT2D eigenvalue weighted by atomic mass is 9.56. The largest absolute Gasteiger partial charge is 0.462 e. The van der Waals surface area contributed by atoms with Gasteiger partial charge < -0.3 is 39.7 Å². The predicted octanol–water partition coefficient (Wildman–Crippen LogP) is 2.73. The van der Waals surface area contributed by atoms with Crippen LogP contribution in [0.25, 0.3) is 0 Å². The summed E-state index contributed by atoms with van der Waals surface area (Å²) in [5.74, 6) is -0.479. The molecule has 3 fully saturated rings. The summed E-state index contributed by atoms with van der Waals surface area (Å²) in [6.45, 7) is 6.03. The molecule has 1 aromatic carbocycles. The Labute approximate surface area is 226 Å². The number of aliphatic hydroxyl groups excluding tert-OH is 4. The van der Waals surface area contributed by atoms with Gasteiger partial charge in [-0.05, 0) is 80.4 Å². The Morgan fingerprint density at radius 2 is 1.82 bits per heavy atom. The number of hydrogen-bond acceptors (Lipinski definition) is 8. The zero-order valence-corrected chi connectivity index (χ0v) is 22.6. The Kier molecular flexibility index (Phi) is 9.90. The Balaban J connectivity index is 1.76. The summed E-state index contributed by atoms with van der Waals surface area (Å²) in [7, 11) is 0. The van der Waals surface area contributed by atoms with Crippen molar-refractivity contribution in [3.63, 3.8) is 0 Å².